The maximum absolute atomic E-state index is 12.3. The molecule has 1 saturated carbocycles. The van der Waals surface area contributed by atoms with E-state index in [2.05, 4.69) is 0 Å². The zero-order chi connectivity index (χ0) is 13.4. The van der Waals surface area contributed by atoms with E-state index in [1.54, 1.807) is 0 Å². The lowest BCUT2D eigenvalue weighted by Gasteiger charge is -2.11. The lowest BCUT2D eigenvalue weighted by Crippen LogP contribution is -2.23. The number of halogens is 3. The standard InChI is InChI=1S/C12H13F3O2S/c13-12(14,15)18(16,17)11-7-5-10(6-8-11)9-3-1-2-4-9/h5-9H,1-4H2. The van der Waals surface area contributed by atoms with Gasteiger partial charge in [0, 0.05) is 0 Å². The van der Waals surface area contributed by atoms with Crippen LogP contribution >= 0.6 is 0 Å². The summed E-state index contributed by atoms with van der Waals surface area (Å²) in [5.41, 5.74) is -4.31. The van der Waals surface area contributed by atoms with Crippen LogP contribution in [0.3, 0.4) is 0 Å². The molecule has 0 atom stereocenters. The second kappa shape index (κ2) is 4.57. The van der Waals surface area contributed by atoms with Gasteiger partial charge >= 0.3 is 5.51 Å². The van der Waals surface area contributed by atoms with E-state index in [0.29, 0.717) is 5.92 Å². The zero-order valence-electron chi connectivity index (χ0n) is 9.57. The molecule has 6 heteroatoms. The highest BCUT2D eigenvalue weighted by Crippen LogP contribution is 2.35. The Labute approximate surface area is 104 Å². The Balaban J connectivity index is 2.28. The summed E-state index contributed by atoms with van der Waals surface area (Å²) < 4.78 is 59.3. The van der Waals surface area contributed by atoms with Crippen LogP contribution in [-0.2, 0) is 9.84 Å². The Bertz CT molecular complexity index is 511. The normalized spacial score (nSPS) is 18.2. The van der Waals surface area contributed by atoms with Crippen molar-refractivity contribution in [3.05, 3.63) is 29.8 Å². The maximum Gasteiger partial charge on any atom is 0.501 e. The summed E-state index contributed by atoms with van der Waals surface area (Å²) in [4.78, 5) is -0.684. The van der Waals surface area contributed by atoms with Crippen molar-refractivity contribution < 1.29 is 21.6 Å². The highest BCUT2D eigenvalue weighted by atomic mass is 32.2. The molecule has 1 fully saturated rings. The van der Waals surface area contributed by atoms with Crippen LogP contribution in [0.1, 0.15) is 37.2 Å². The van der Waals surface area contributed by atoms with E-state index in [9.17, 15) is 21.6 Å². The molecular formula is C12H13F3O2S. The third kappa shape index (κ3) is 2.39. The van der Waals surface area contributed by atoms with E-state index in [1.165, 1.54) is 12.1 Å². The van der Waals surface area contributed by atoms with Crippen molar-refractivity contribution in [1.82, 2.24) is 0 Å². The van der Waals surface area contributed by atoms with Gasteiger partial charge in [-0.1, -0.05) is 25.0 Å². The minimum absolute atomic E-state index is 0.354. The zero-order valence-corrected chi connectivity index (χ0v) is 10.4. The molecule has 0 aliphatic heterocycles. The molecule has 2 nitrogen and oxygen atoms in total. The SMILES string of the molecule is O=S(=O)(c1ccc(C2CCCC2)cc1)C(F)(F)F. The first-order valence-electron chi connectivity index (χ1n) is 5.74. The smallest absolute Gasteiger partial charge is 0.214 e. The molecule has 0 bridgehead atoms. The highest BCUT2D eigenvalue weighted by Gasteiger charge is 2.46. The lowest BCUT2D eigenvalue weighted by molar-refractivity contribution is -0.0436. The molecule has 0 unspecified atom stereocenters. The Morgan fingerprint density at radius 3 is 1.94 bits per heavy atom. The first-order valence-corrected chi connectivity index (χ1v) is 7.22. The van der Waals surface area contributed by atoms with E-state index < -0.39 is 20.2 Å². The predicted molar refractivity (Wildman–Crippen MR) is 60.9 cm³/mol. The van der Waals surface area contributed by atoms with Crippen LogP contribution in [0, 0.1) is 0 Å². The van der Waals surface area contributed by atoms with E-state index in [4.69, 9.17) is 0 Å². The number of alkyl halides is 3. The third-order valence-electron chi connectivity index (χ3n) is 3.32. The molecule has 0 spiro atoms. The van der Waals surface area contributed by atoms with E-state index in [-0.39, 0.29) is 0 Å². The Hall–Kier alpha value is -1.04. The molecular weight excluding hydrogens is 265 g/mol. The van der Waals surface area contributed by atoms with E-state index >= 15 is 0 Å². The maximum atomic E-state index is 12.3. The Morgan fingerprint density at radius 1 is 1.00 bits per heavy atom. The quantitative estimate of drug-likeness (QED) is 0.827. The summed E-state index contributed by atoms with van der Waals surface area (Å²) in [6, 6.07) is 5.09. The van der Waals surface area contributed by atoms with Crippen LogP contribution in [0.25, 0.3) is 0 Å². The van der Waals surface area contributed by atoms with Crippen LogP contribution < -0.4 is 0 Å². The van der Waals surface area contributed by atoms with Gasteiger partial charge in [0.05, 0.1) is 4.90 Å². The molecule has 0 radical (unpaired) electrons. The Kier molecular flexibility index (Phi) is 3.40. The predicted octanol–water partition coefficient (Wildman–Crippen LogP) is 3.64. The molecule has 0 saturated heterocycles. The van der Waals surface area contributed by atoms with Crippen LogP contribution in [-0.4, -0.2) is 13.9 Å². The van der Waals surface area contributed by atoms with Gasteiger partial charge in [0.1, 0.15) is 0 Å². The van der Waals surface area contributed by atoms with Gasteiger partial charge < -0.3 is 0 Å². The summed E-state index contributed by atoms with van der Waals surface area (Å²) in [6.45, 7) is 0. The fourth-order valence-electron chi connectivity index (χ4n) is 2.31. The molecule has 0 N–H and O–H groups in total. The molecule has 0 aromatic heterocycles. The van der Waals surface area contributed by atoms with Gasteiger partial charge in [-0.3, -0.25) is 0 Å². The summed E-state index contributed by atoms with van der Waals surface area (Å²) >= 11 is 0. The largest absolute Gasteiger partial charge is 0.501 e. The van der Waals surface area contributed by atoms with Gasteiger partial charge in [-0.25, -0.2) is 8.42 Å². The molecule has 1 aromatic rings. The monoisotopic (exact) mass is 278 g/mol. The molecule has 0 amide bonds. The van der Waals surface area contributed by atoms with Crippen molar-refractivity contribution in [2.24, 2.45) is 0 Å². The first kappa shape index (κ1) is 13.4. The van der Waals surface area contributed by atoms with Crippen LogP contribution in [0.5, 0.6) is 0 Å². The topological polar surface area (TPSA) is 34.1 Å². The van der Waals surface area contributed by atoms with Crippen LogP contribution in [0.2, 0.25) is 0 Å². The number of sulfone groups is 1. The van der Waals surface area contributed by atoms with Crippen molar-refractivity contribution >= 4 is 9.84 Å². The molecule has 2 rings (SSSR count). The Morgan fingerprint density at radius 2 is 1.50 bits per heavy atom. The van der Waals surface area contributed by atoms with Gasteiger partial charge in [-0.2, -0.15) is 13.2 Å². The highest BCUT2D eigenvalue weighted by molar-refractivity contribution is 7.92. The number of benzene rings is 1. The molecule has 100 valence electrons. The van der Waals surface area contributed by atoms with Crippen molar-refractivity contribution in [3.63, 3.8) is 0 Å². The fourth-order valence-corrected chi connectivity index (χ4v) is 3.07. The molecule has 18 heavy (non-hydrogen) atoms. The number of rotatable bonds is 2. The molecule has 1 aromatic carbocycles. The van der Waals surface area contributed by atoms with Crippen molar-refractivity contribution in [2.45, 2.75) is 42.0 Å². The minimum atomic E-state index is -5.23. The van der Waals surface area contributed by atoms with Gasteiger partial charge in [0.2, 0.25) is 0 Å². The second-order valence-corrected chi connectivity index (χ2v) is 6.44. The van der Waals surface area contributed by atoms with Crippen molar-refractivity contribution in [1.29, 1.82) is 0 Å². The van der Waals surface area contributed by atoms with Gasteiger partial charge in [0.25, 0.3) is 9.84 Å². The number of hydrogen-bond acceptors (Lipinski definition) is 2. The summed E-state index contributed by atoms with van der Waals surface area (Å²) in [6.07, 6.45) is 4.28. The second-order valence-electron chi connectivity index (χ2n) is 4.50. The van der Waals surface area contributed by atoms with Crippen molar-refractivity contribution in [2.75, 3.05) is 0 Å². The average Bonchev–Trinajstić information content (AvgIpc) is 2.81. The summed E-state index contributed by atoms with van der Waals surface area (Å²) in [5, 5.41) is 0. The van der Waals surface area contributed by atoms with Gasteiger partial charge in [-0.05, 0) is 36.5 Å². The lowest BCUT2D eigenvalue weighted by atomic mass is 9.98. The molecule has 1 aliphatic carbocycles. The summed E-state index contributed by atoms with van der Waals surface area (Å²) in [5.74, 6) is 0.354. The van der Waals surface area contributed by atoms with Gasteiger partial charge in [-0.15, -0.1) is 0 Å². The van der Waals surface area contributed by atoms with Gasteiger partial charge in [0.15, 0.2) is 0 Å². The van der Waals surface area contributed by atoms with Crippen LogP contribution in [0.4, 0.5) is 13.2 Å². The molecule has 1 aliphatic rings. The van der Waals surface area contributed by atoms with E-state index in [0.717, 1.165) is 43.4 Å². The number of hydrogen-bond donors (Lipinski definition) is 0. The fraction of sp³-hybridized carbons (Fsp3) is 0.500. The van der Waals surface area contributed by atoms with Crippen LogP contribution in [0.15, 0.2) is 29.2 Å². The summed E-state index contributed by atoms with van der Waals surface area (Å²) in [7, 11) is -5.22. The average molecular weight is 278 g/mol. The molecule has 0 heterocycles. The minimum Gasteiger partial charge on any atom is -0.214 e. The third-order valence-corrected chi connectivity index (χ3v) is 4.82. The van der Waals surface area contributed by atoms with E-state index in [1.807, 2.05) is 0 Å². The van der Waals surface area contributed by atoms with Crippen molar-refractivity contribution in [3.8, 4) is 0 Å². The first-order chi connectivity index (χ1) is 8.32.